The van der Waals surface area contributed by atoms with E-state index >= 15 is 0 Å². The van der Waals surface area contributed by atoms with Crippen molar-refractivity contribution >= 4 is 0 Å². The summed E-state index contributed by atoms with van der Waals surface area (Å²) in [6.07, 6.45) is 0. The monoisotopic (exact) mass is 145 g/mol. The molecule has 0 aromatic rings. The number of nitrogens with zero attached hydrogens (tertiary/aromatic N) is 2. The molecule has 5 heteroatoms. The summed E-state index contributed by atoms with van der Waals surface area (Å²) in [5.74, 6) is 0. The molecule has 0 saturated carbocycles. The summed E-state index contributed by atoms with van der Waals surface area (Å²) in [5, 5.41) is 3.18. The van der Waals surface area contributed by atoms with Gasteiger partial charge < -0.3 is 11.5 Å². The van der Waals surface area contributed by atoms with Crippen LogP contribution in [0.15, 0.2) is 0 Å². The Labute approximate surface area is 60.9 Å². The summed E-state index contributed by atoms with van der Waals surface area (Å²) in [7, 11) is 0. The fraction of sp³-hybridized carbons (Fsp3) is 1.00. The van der Waals surface area contributed by atoms with E-state index in [1.165, 1.54) is 0 Å². The average molecular weight is 145 g/mol. The van der Waals surface area contributed by atoms with Gasteiger partial charge in [-0.2, -0.15) is 0 Å². The third-order valence-electron chi connectivity index (χ3n) is 1.59. The predicted octanol–water partition coefficient (Wildman–Crippen LogP) is -2.10. The van der Waals surface area contributed by atoms with Crippen LogP contribution < -0.4 is 16.8 Å². The second kappa shape index (κ2) is 3.85. The van der Waals surface area contributed by atoms with Crippen LogP contribution in [-0.2, 0) is 0 Å². The maximum absolute atomic E-state index is 5.44. The van der Waals surface area contributed by atoms with E-state index in [2.05, 4.69) is 15.1 Å². The Balaban J connectivity index is 2.25. The van der Waals surface area contributed by atoms with Gasteiger partial charge in [0.2, 0.25) is 0 Å². The predicted molar refractivity (Wildman–Crippen MR) is 39.5 cm³/mol. The Hall–Kier alpha value is -0.200. The Morgan fingerprint density at radius 2 is 1.60 bits per heavy atom. The molecule has 0 spiro atoms. The maximum atomic E-state index is 5.44. The van der Waals surface area contributed by atoms with Crippen molar-refractivity contribution in [3.05, 3.63) is 0 Å². The van der Waals surface area contributed by atoms with Crippen molar-refractivity contribution < 1.29 is 0 Å². The number of nitrogens with one attached hydrogen (secondary N) is 1. The summed E-state index contributed by atoms with van der Waals surface area (Å²) in [6, 6.07) is 0. The van der Waals surface area contributed by atoms with Gasteiger partial charge in [0.05, 0.1) is 20.0 Å². The third kappa shape index (κ3) is 1.89. The molecule has 0 aromatic carbocycles. The molecule has 5 nitrogen and oxygen atoms in total. The smallest absolute Gasteiger partial charge is 0.0554 e. The first kappa shape index (κ1) is 7.90. The minimum atomic E-state index is 0.587. The summed E-state index contributed by atoms with van der Waals surface area (Å²) >= 11 is 0. The number of rotatable bonds is 2. The maximum Gasteiger partial charge on any atom is 0.0554 e. The molecule has 1 saturated heterocycles. The zero-order valence-corrected chi connectivity index (χ0v) is 6.08. The molecule has 1 heterocycles. The van der Waals surface area contributed by atoms with Crippen LogP contribution in [0.4, 0.5) is 0 Å². The molecule has 1 aliphatic rings. The van der Waals surface area contributed by atoms with Crippen LogP contribution in [-0.4, -0.2) is 43.1 Å². The molecule has 1 fully saturated rings. The molecule has 1 rings (SSSR count). The average Bonchev–Trinajstić information content (AvgIpc) is 2.05. The molecule has 60 valence electrons. The van der Waals surface area contributed by atoms with E-state index in [1.807, 2.05) is 0 Å². The molecule has 1 aliphatic heterocycles. The molecule has 0 aliphatic carbocycles. The van der Waals surface area contributed by atoms with Gasteiger partial charge >= 0.3 is 0 Å². The SMILES string of the molecule is NCN1CNCN(CN)C1. The zero-order chi connectivity index (χ0) is 7.40. The van der Waals surface area contributed by atoms with E-state index in [9.17, 15) is 0 Å². The molecule has 0 atom stereocenters. The third-order valence-corrected chi connectivity index (χ3v) is 1.59. The van der Waals surface area contributed by atoms with Crippen LogP contribution in [0, 0.1) is 0 Å². The van der Waals surface area contributed by atoms with Crippen LogP contribution in [0.3, 0.4) is 0 Å². The van der Waals surface area contributed by atoms with E-state index in [1.54, 1.807) is 0 Å². The lowest BCUT2D eigenvalue weighted by molar-refractivity contribution is 0.0697. The van der Waals surface area contributed by atoms with Crippen molar-refractivity contribution in [1.29, 1.82) is 0 Å². The highest BCUT2D eigenvalue weighted by Gasteiger charge is 2.12. The van der Waals surface area contributed by atoms with Crippen molar-refractivity contribution in [3.63, 3.8) is 0 Å². The van der Waals surface area contributed by atoms with Gasteiger partial charge in [-0.05, 0) is 0 Å². The van der Waals surface area contributed by atoms with Crippen LogP contribution in [0.1, 0.15) is 0 Å². The fourth-order valence-corrected chi connectivity index (χ4v) is 0.994. The van der Waals surface area contributed by atoms with E-state index in [-0.39, 0.29) is 0 Å². The molecule has 0 bridgehead atoms. The Morgan fingerprint density at radius 1 is 1.10 bits per heavy atom. The first-order valence-electron chi connectivity index (χ1n) is 3.42. The van der Waals surface area contributed by atoms with Gasteiger partial charge in [0.25, 0.3) is 0 Å². The second-order valence-corrected chi connectivity index (χ2v) is 2.41. The van der Waals surface area contributed by atoms with Gasteiger partial charge in [-0.1, -0.05) is 0 Å². The van der Waals surface area contributed by atoms with E-state index < -0.39 is 0 Å². The van der Waals surface area contributed by atoms with Crippen molar-refractivity contribution in [2.75, 3.05) is 33.3 Å². The molecule has 0 aromatic heterocycles. The van der Waals surface area contributed by atoms with Gasteiger partial charge in [-0.3, -0.25) is 15.1 Å². The van der Waals surface area contributed by atoms with Gasteiger partial charge in [0.15, 0.2) is 0 Å². The number of hydrogen-bond donors (Lipinski definition) is 3. The van der Waals surface area contributed by atoms with Crippen LogP contribution in [0.2, 0.25) is 0 Å². The van der Waals surface area contributed by atoms with Crippen LogP contribution in [0.25, 0.3) is 0 Å². The van der Waals surface area contributed by atoms with Gasteiger partial charge in [-0.25, -0.2) is 0 Å². The summed E-state index contributed by atoms with van der Waals surface area (Å²) in [6.45, 7) is 3.78. The molecular formula is C5H15N5. The fourth-order valence-electron chi connectivity index (χ4n) is 0.994. The molecular weight excluding hydrogens is 130 g/mol. The Bertz CT molecular complexity index is 86.0. The lowest BCUT2D eigenvalue weighted by atomic mass is 10.6. The van der Waals surface area contributed by atoms with E-state index in [0.29, 0.717) is 13.3 Å². The highest BCUT2D eigenvalue weighted by Crippen LogP contribution is 1.92. The molecule has 5 N–H and O–H groups in total. The van der Waals surface area contributed by atoms with E-state index in [4.69, 9.17) is 11.5 Å². The summed E-state index contributed by atoms with van der Waals surface area (Å²) in [4.78, 5) is 4.16. The van der Waals surface area contributed by atoms with Crippen molar-refractivity contribution in [2.45, 2.75) is 0 Å². The van der Waals surface area contributed by atoms with E-state index in [0.717, 1.165) is 20.0 Å². The number of hydrogen-bond acceptors (Lipinski definition) is 5. The standard InChI is InChI=1S/C5H15N5/c6-1-9-3-8-4-10(2-7)5-9/h8H,1-7H2. The Morgan fingerprint density at radius 3 is 2.00 bits per heavy atom. The first-order valence-corrected chi connectivity index (χ1v) is 3.42. The highest BCUT2D eigenvalue weighted by molar-refractivity contribution is 4.61. The van der Waals surface area contributed by atoms with Gasteiger partial charge in [0, 0.05) is 13.3 Å². The summed E-state index contributed by atoms with van der Waals surface area (Å²) in [5.41, 5.74) is 10.9. The molecule has 0 amide bonds. The van der Waals surface area contributed by atoms with Crippen LogP contribution in [0.5, 0.6) is 0 Å². The minimum Gasteiger partial charge on any atom is -0.318 e. The Kier molecular flexibility index (Phi) is 3.04. The number of nitrogens with two attached hydrogens (primary N) is 2. The van der Waals surface area contributed by atoms with Gasteiger partial charge in [-0.15, -0.1) is 0 Å². The molecule has 0 radical (unpaired) electrons. The van der Waals surface area contributed by atoms with Crippen molar-refractivity contribution in [1.82, 2.24) is 15.1 Å². The molecule has 10 heavy (non-hydrogen) atoms. The highest BCUT2D eigenvalue weighted by atomic mass is 15.4. The minimum absolute atomic E-state index is 0.587. The lowest BCUT2D eigenvalue weighted by Gasteiger charge is -2.34. The quantitative estimate of drug-likeness (QED) is 0.415. The first-order chi connectivity index (χ1) is 4.86. The second-order valence-electron chi connectivity index (χ2n) is 2.41. The normalized spacial score (nSPS) is 23.4. The lowest BCUT2D eigenvalue weighted by Crippen LogP contribution is -2.55. The zero-order valence-electron chi connectivity index (χ0n) is 6.08. The topological polar surface area (TPSA) is 70.5 Å². The summed E-state index contributed by atoms with van der Waals surface area (Å²) < 4.78 is 0. The largest absolute Gasteiger partial charge is 0.318 e. The van der Waals surface area contributed by atoms with Gasteiger partial charge in [0.1, 0.15) is 0 Å². The molecule has 0 unspecified atom stereocenters. The van der Waals surface area contributed by atoms with Crippen LogP contribution >= 0.6 is 0 Å². The van der Waals surface area contributed by atoms with Crippen molar-refractivity contribution in [2.24, 2.45) is 11.5 Å². The van der Waals surface area contributed by atoms with Crippen molar-refractivity contribution in [3.8, 4) is 0 Å².